The molecular formula is C27H27N5O3. The third kappa shape index (κ3) is 3.69. The van der Waals surface area contributed by atoms with Crippen LogP contribution in [0.2, 0.25) is 0 Å². The third-order valence-electron chi connectivity index (χ3n) is 7.17. The first kappa shape index (κ1) is 21.6. The summed E-state index contributed by atoms with van der Waals surface area (Å²) < 4.78 is 3.91. The molecule has 2 aromatic carbocycles. The van der Waals surface area contributed by atoms with Crippen molar-refractivity contribution in [3.63, 3.8) is 0 Å². The minimum absolute atomic E-state index is 0.0257. The van der Waals surface area contributed by atoms with Gasteiger partial charge in [0.1, 0.15) is 0 Å². The summed E-state index contributed by atoms with van der Waals surface area (Å²) in [5.74, 6) is 0.778. The normalized spacial score (nSPS) is 15.0. The Kier molecular flexibility index (Phi) is 5.36. The largest absolute Gasteiger partial charge is 0.354 e. The number of hydrogen-bond donors (Lipinski definition) is 1. The molecule has 35 heavy (non-hydrogen) atoms. The Labute approximate surface area is 202 Å². The predicted molar refractivity (Wildman–Crippen MR) is 134 cm³/mol. The van der Waals surface area contributed by atoms with Crippen molar-refractivity contribution in [2.45, 2.75) is 38.8 Å². The zero-order chi connectivity index (χ0) is 23.9. The van der Waals surface area contributed by atoms with Gasteiger partial charge in [0.2, 0.25) is 11.8 Å². The third-order valence-corrected chi connectivity index (χ3v) is 7.17. The van der Waals surface area contributed by atoms with E-state index in [0.717, 1.165) is 36.0 Å². The lowest BCUT2D eigenvalue weighted by Crippen LogP contribution is -2.35. The van der Waals surface area contributed by atoms with E-state index in [1.807, 2.05) is 36.4 Å². The molecule has 4 heterocycles. The van der Waals surface area contributed by atoms with E-state index in [0.29, 0.717) is 55.7 Å². The molecule has 1 saturated heterocycles. The van der Waals surface area contributed by atoms with E-state index in [1.165, 1.54) is 5.56 Å². The fourth-order valence-corrected chi connectivity index (χ4v) is 5.47. The standard InChI is InChI=1S/C27H27N5O3/c33-23(28-13-17-30-14-5-10-24(30)34)12-16-31-22-9-4-2-6-18(22)19-11-15-32-26(25(19)31)29-21-8-3-1-7-20(21)27(32)35/h1-4,6-9H,5,10-17H2,(H,28,33). The smallest absolute Gasteiger partial charge is 0.261 e. The second-order valence-electron chi connectivity index (χ2n) is 9.24. The summed E-state index contributed by atoms with van der Waals surface area (Å²) in [5, 5.41) is 4.72. The molecule has 6 rings (SSSR count). The van der Waals surface area contributed by atoms with Crippen molar-refractivity contribution >= 4 is 33.6 Å². The lowest BCUT2D eigenvalue weighted by Gasteiger charge is -2.21. The maximum atomic E-state index is 13.2. The summed E-state index contributed by atoms with van der Waals surface area (Å²) in [6, 6.07) is 15.6. The Morgan fingerprint density at radius 1 is 0.943 bits per heavy atom. The molecule has 8 heteroatoms. The van der Waals surface area contributed by atoms with Crippen molar-refractivity contribution in [3.8, 4) is 11.5 Å². The van der Waals surface area contributed by atoms with Crippen molar-refractivity contribution in [1.29, 1.82) is 0 Å². The monoisotopic (exact) mass is 469 g/mol. The fourth-order valence-electron chi connectivity index (χ4n) is 5.47. The second kappa shape index (κ2) is 8.69. The molecule has 0 radical (unpaired) electrons. The molecule has 2 aliphatic heterocycles. The fraction of sp³-hybridized carbons (Fsp3) is 0.333. The van der Waals surface area contributed by atoms with Crippen molar-refractivity contribution in [2.75, 3.05) is 19.6 Å². The van der Waals surface area contributed by atoms with Gasteiger partial charge in [-0.3, -0.25) is 19.0 Å². The number of rotatable bonds is 6. The van der Waals surface area contributed by atoms with Gasteiger partial charge in [-0.15, -0.1) is 0 Å². The van der Waals surface area contributed by atoms with Crippen LogP contribution < -0.4 is 10.9 Å². The molecule has 4 aromatic rings. The van der Waals surface area contributed by atoms with Crippen molar-refractivity contribution < 1.29 is 9.59 Å². The Bertz CT molecular complexity index is 1530. The highest BCUT2D eigenvalue weighted by molar-refractivity contribution is 5.92. The zero-order valence-electron chi connectivity index (χ0n) is 19.5. The summed E-state index contributed by atoms with van der Waals surface area (Å²) in [7, 11) is 0. The van der Waals surface area contributed by atoms with Crippen LogP contribution in [0.15, 0.2) is 53.3 Å². The van der Waals surface area contributed by atoms with Gasteiger partial charge in [-0.05, 0) is 36.6 Å². The van der Waals surface area contributed by atoms with Gasteiger partial charge >= 0.3 is 0 Å². The Morgan fingerprint density at radius 3 is 2.57 bits per heavy atom. The SMILES string of the molecule is O=C(CCn1c2c(c3ccccc31)CCn1c-2nc2ccccc2c1=O)NCCN1CCCC1=O. The van der Waals surface area contributed by atoms with Crippen LogP contribution >= 0.6 is 0 Å². The molecule has 0 bridgehead atoms. The van der Waals surface area contributed by atoms with Crippen LogP contribution in [0, 0.1) is 0 Å². The molecule has 8 nitrogen and oxygen atoms in total. The number of likely N-dealkylation sites (tertiary alicyclic amines) is 1. The predicted octanol–water partition coefficient (Wildman–Crippen LogP) is 2.70. The first-order chi connectivity index (χ1) is 17.1. The molecule has 0 saturated carbocycles. The van der Waals surface area contributed by atoms with Gasteiger partial charge in [0.05, 0.1) is 16.6 Å². The molecule has 2 aliphatic rings. The maximum Gasteiger partial charge on any atom is 0.261 e. The molecule has 1 N–H and O–H groups in total. The second-order valence-corrected chi connectivity index (χ2v) is 9.24. The number of aryl methyl sites for hydroxylation is 2. The number of hydrogen-bond acceptors (Lipinski definition) is 4. The number of amides is 2. The van der Waals surface area contributed by atoms with E-state index in [1.54, 1.807) is 9.47 Å². The van der Waals surface area contributed by atoms with Crippen LogP contribution in [0.4, 0.5) is 0 Å². The number of carbonyl (C=O) groups excluding carboxylic acids is 2. The van der Waals surface area contributed by atoms with E-state index < -0.39 is 0 Å². The first-order valence-corrected chi connectivity index (χ1v) is 12.3. The Morgan fingerprint density at radius 2 is 1.74 bits per heavy atom. The summed E-state index contributed by atoms with van der Waals surface area (Å²) >= 11 is 0. The van der Waals surface area contributed by atoms with Gasteiger partial charge in [-0.1, -0.05) is 30.3 Å². The average Bonchev–Trinajstić information content (AvgIpc) is 3.43. The quantitative estimate of drug-likeness (QED) is 0.470. The number of nitrogens with one attached hydrogen (secondary N) is 1. The summed E-state index contributed by atoms with van der Waals surface area (Å²) in [5.41, 5.74) is 3.81. The molecular weight excluding hydrogens is 442 g/mol. The van der Waals surface area contributed by atoms with Crippen LogP contribution in [0.3, 0.4) is 0 Å². The Hall–Kier alpha value is -3.94. The van der Waals surface area contributed by atoms with E-state index in [4.69, 9.17) is 4.98 Å². The van der Waals surface area contributed by atoms with Crippen molar-refractivity contribution in [2.24, 2.45) is 0 Å². The lowest BCUT2D eigenvalue weighted by atomic mass is 10.0. The van der Waals surface area contributed by atoms with Gasteiger partial charge < -0.3 is 14.8 Å². The molecule has 0 unspecified atom stereocenters. The maximum absolute atomic E-state index is 13.2. The molecule has 0 aliphatic carbocycles. The highest BCUT2D eigenvalue weighted by Crippen LogP contribution is 2.36. The number of fused-ring (bicyclic) bond motifs is 6. The van der Waals surface area contributed by atoms with E-state index >= 15 is 0 Å². The number of nitrogens with zero attached hydrogens (tertiary/aromatic N) is 4. The highest BCUT2D eigenvalue weighted by atomic mass is 16.2. The van der Waals surface area contributed by atoms with Gasteiger partial charge in [-0.2, -0.15) is 0 Å². The number of benzene rings is 2. The molecule has 2 amide bonds. The summed E-state index contributed by atoms with van der Waals surface area (Å²) in [6.45, 7) is 2.85. The molecule has 0 spiro atoms. The van der Waals surface area contributed by atoms with E-state index in [2.05, 4.69) is 22.0 Å². The summed E-state index contributed by atoms with van der Waals surface area (Å²) in [6.07, 6.45) is 2.54. The first-order valence-electron chi connectivity index (χ1n) is 12.3. The average molecular weight is 470 g/mol. The molecule has 0 atom stereocenters. The van der Waals surface area contributed by atoms with Crippen LogP contribution in [0.25, 0.3) is 33.3 Å². The van der Waals surface area contributed by atoms with E-state index in [-0.39, 0.29) is 17.4 Å². The topological polar surface area (TPSA) is 89.2 Å². The number of aromatic nitrogens is 3. The van der Waals surface area contributed by atoms with Gasteiger partial charge in [0, 0.05) is 56.5 Å². The van der Waals surface area contributed by atoms with Crippen LogP contribution in [-0.2, 0) is 29.1 Å². The van der Waals surface area contributed by atoms with Crippen molar-refractivity contribution in [3.05, 3.63) is 64.4 Å². The number of para-hydroxylation sites is 2. The summed E-state index contributed by atoms with van der Waals surface area (Å²) in [4.78, 5) is 44.4. The Balaban J connectivity index is 1.31. The van der Waals surface area contributed by atoms with Crippen molar-refractivity contribution in [1.82, 2.24) is 24.3 Å². The van der Waals surface area contributed by atoms with Gasteiger partial charge in [0.25, 0.3) is 5.56 Å². The van der Waals surface area contributed by atoms with E-state index in [9.17, 15) is 14.4 Å². The molecule has 2 aromatic heterocycles. The minimum atomic E-state index is -0.0529. The zero-order valence-corrected chi connectivity index (χ0v) is 19.5. The minimum Gasteiger partial charge on any atom is -0.354 e. The highest BCUT2D eigenvalue weighted by Gasteiger charge is 2.27. The van der Waals surface area contributed by atoms with Crippen LogP contribution in [-0.4, -0.2) is 50.5 Å². The lowest BCUT2D eigenvalue weighted by molar-refractivity contribution is -0.128. The molecule has 1 fully saturated rings. The van der Waals surface area contributed by atoms with Crippen LogP contribution in [0.1, 0.15) is 24.8 Å². The molecule has 178 valence electrons. The van der Waals surface area contributed by atoms with Gasteiger partial charge in [-0.25, -0.2) is 4.98 Å². The van der Waals surface area contributed by atoms with Gasteiger partial charge in [0.15, 0.2) is 5.82 Å². The number of carbonyl (C=O) groups is 2. The van der Waals surface area contributed by atoms with Crippen LogP contribution in [0.5, 0.6) is 0 Å².